The van der Waals surface area contributed by atoms with E-state index in [-0.39, 0.29) is 17.5 Å². The van der Waals surface area contributed by atoms with E-state index in [1.54, 1.807) is 30.3 Å². The van der Waals surface area contributed by atoms with Crippen LogP contribution in [0.1, 0.15) is 35.3 Å². The summed E-state index contributed by atoms with van der Waals surface area (Å²) in [5, 5.41) is 3.64. The van der Waals surface area contributed by atoms with E-state index < -0.39 is 5.82 Å². The van der Waals surface area contributed by atoms with Gasteiger partial charge in [-0.1, -0.05) is 47.7 Å². The Kier molecular flexibility index (Phi) is 6.60. The van der Waals surface area contributed by atoms with E-state index in [9.17, 15) is 14.0 Å². The molecule has 0 spiro atoms. The van der Waals surface area contributed by atoms with Crippen LogP contribution in [0.15, 0.2) is 76.7 Å². The molecule has 0 fully saturated rings. The summed E-state index contributed by atoms with van der Waals surface area (Å²) in [7, 11) is 0. The third-order valence-corrected chi connectivity index (χ3v) is 6.05. The second-order valence-corrected chi connectivity index (χ2v) is 9.10. The van der Waals surface area contributed by atoms with E-state index in [2.05, 4.69) is 11.4 Å². The predicted octanol–water partition coefficient (Wildman–Crippen LogP) is 5.26. The van der Waals surface area contributed by atoms with Crippen LogP contribution in [0.2, 0.25) is 0 Å². The maximum absolute atomic E-state index is 14.0. The summed E-state index contributed by atoms with van der Waals surface area (Å²) in [5.41, 5.74) is 3.18. The molecule has 0 aliphatic rings. The van der Waals surface area contributed by atoms with Gasteiger partial charge >= 0.3 is 0 Å². The molecule has 0 radical (unpaired) electrons. The van der Waals surface area contributed by atoms with E-state index in [1.165, 1.54) is 28.5 Å². The summed E-state index contributed by atoms with van der Waals surface area (Å²) in [5.74, 6) is -0.0746. The van der Waals surface area contributed by atoms with Gasteiger partial charge in [0, 0.05) is 17.4 Å². The molecule has 4 rings (SSSR count). The fraction of sp³-hybridized carbons (Fsp3) is 0.192. The maximum atomic E-state index is 14.0. The number of benzene rings is 3. The minimum absolute atomic E-state index is 0.0115. The lowest BCUT2D eigenvalue weighted by Gasteiger charge is -2.14. The van der Waals surface area contributed by atoms with Crippen LogP contribution >= 0.6 is 11.8 Å². The third-order valence-electron chi connectivity index (χ3n) is 5.04. The van der Waals surface area contributed by atoms with Gasteiger partial charge in [0.25, 0.3) is 11.5 Å². The number of carbonyl (C=O) groups is 1. The first kappa shape index (κ1) is 22.7. The summed E-state index contributed by atoms with van der Waals surface area (Å²) in [6.07, 6.45) is 0. The van der Waals surface area contributed by atoms with Gasteiger partial charge in [0.2, 0.25) is 0 Å². The molecule has 7 heteroatoms. The van der Waals surface area contributed by atoms with E-state index in [0.717, 1.165) is 11.1 Å². The van der Waals surface area contributed by atoms with E-state index in [4.69, 9.17) is 4.98 Å². The van der Waals surface area contributed by atoms with E-state index in [1.807, 2.05) is 39.0 Å². The highest BCUT2D eigenvalue weighted by molar-refractivity contribution is 7.98. The van der Waals surface area contributed by atoms with Crippen molar-refractivity contribution >= 4 is 28.6 Å². The molecule has 0 saturated carbocycles. The van der Waals surface area contributed by atoms with Crippen molar-refractivity contribution in [2.45, 2.75) is 37.7 Å². The number of hydrogen-bond donors (Lipinski definition) is 1. The lowest BCUT2D eigenvalue weighted by Crippen LogP contribution is -2.30. The van der Waals surface area contributed by atoms with Crippen molar-refractivity contribution in [3.8, 4) is 5.69 Å². The molecule has 168 valence electrons. The molecule has 0 atom stereocenters. The molecule has 4 aromatic rings. The number of hydrogen-bond acceptors (Lipinski definition) is 4. The van der Waals surface area contributed by atoms with Crippen LogP contribution in [0.4, 0.5) is 4.39 Å². The zero-order chi connectivity index (χ0) is 23.5. The van der Waals surface area contributed by atoms with Crippen LogP contribution in [0.5, 0.6) is 0 Å². The van der Waals surface area contributed by atoms with Crippen molar-refractivity contribution in [2.75, 3.05) is 0 Å². The predicted molar refractivity (Wildman–Crippen MR) is 131 cm³/mol. The smallest absolute Gasteiger partial charge is 0.266 e. The minimum atomic E-state index is -0.435. The molecule has 1 aromatic heterocycles. The van der Waals surface area contributed by atoms with E-state index >= 15 is 0 Å². The number of carbonyl (C=O) groups excluding carboxylic acids is 1. The molecule has 1 N–H and O–H groups in total. The zero-order valence-corrected chi connectivity index (χ0v) is 19.4. The van der Waals surface area contributed by atoms with Gasteiger partial charge in [0.15, 0.2) is 5.16 Å². The molecular weight excluding hydrogens is 437 g/mol. The summed E-state index contributed by atoms with van der Waals surface area (Å²) >= 11 is 1.39. The van der Waals surface area contributed by atoms with Gasteiger partial charge in [-0.15, -0.1) is 0 Å². The quantitative estimate of drug-likeness (QED) is 0.314. The molecule has 0 aliphatic carbocycles. The Labute approximate surface area is 195 Å². The van der Waals surface area contributed by atoms with Gasteiger partial charge in [0.05, 0.1) is 16.6 Å². The zero-order valence-electron chi connectivity index (χ0n) is 18.6. The van der Waals surface area contributed by atoms with Crippen LogP contribution < -0.4 is 10.9 Å². The highest BCUT2D eigenvalue weighted by atomic mass is 32.2. The number of aryl methyl sites for hydroxylation is 1. The van der Waals surface area contributed by atoms with Crippen LogP contribution in [0.3, 0.4) is 0 Å². The molecule has 0 bridgehead atoms. The Morgan fingerprint density at radius 2 is 1.88 bits per heavy atom. The van der Waals surface area contributed by atoms with Crippen molar-refractivity contribution < 1.29 is 9.18 Å². The van der Waals surface area contributed by atoms with Crippen LogP contribution in [0, 0.1) is 12.7 Å². The molecule has 1 amide bonds. The Morgan fingerprint density at radius 1 is 1.09 bits per heavy atom. The van der Waals surface area contributed by atoms with E-state index in [0.29, 0.717) is 33.1 Å². The van der Waals surface area contributed by atoms with Crippen LogP contribution in [-0.4, -0.2) is 21.5 Å². The maximum Gasteiger partial charge on any atom is 0.266 e. The third kappa shape index (κ3) is 5.14. The molecule has 3 aromatic carbocycles. The monoisotopic (exact) mass is 461 g/mol. The lowest BCUT2D eigenvalue weighted by atomic mass is 10.1. The summed E-state index contributed by atoms with van der Waals surface area (Å²) < 4.78 is 15.4. The molecule has 0 aliphatic heterocycles. The number of fused-ring (bicyclic) bond motifs is 1. The van der Waals surface area contributed by atoms with Gasteiger partial charge in [0.1, 0.15) is 5.82 Å². The molecule has 0 unspecified atom stereocenters. The average Bonchev–Trinajstić information content (AvgIpc) is 2.77. The number of halogens is 1. The summed E-state index contributed by atoms with van der Waals surface area (Å²) in [4.78, 5) is 30.7. The molecule has 1 heterocycles. The largest absolute Gasteiger partial charge is 0.350 e. The SMILES string of the molecule is Cc1cccc(CSc2nc3cc(C(=O)NC(C)C)ccc3c(=O)n2-c2cccc(F)c2)c1. The van der Waals surface area contributed by atoms with Gasteiger partial charge in [-0.25, -0.2) is 9.37 Å². The van der Waals surface area contributed by atoms with Crippen molar-refractivity contribution in [2.24, 2.45) is 0 Å². The average molecular weight is 462 g/mol. The van der Waals surface area contributed by atoms with Gasteiger partial charge in [-0.2, -0.15) is 0 Å². The molecule has 5 nitrogen and oxygen atoms in total. The fourth-order valence-corrected chi connectivity index (χ4v) is 4.50. The van der Waals surface area contributed by atoms with Crippen molar-refractivity contribution in [1.82, 2.24) is 14.9 Å². The highest BCUT2D eigenvalue weighted by Gasteiger charge is 2.16. The minimum Gasteiger partial charge on any atom is -0.350 e. The second-order valence-electron chi connectivity index (χ2n) is 8.15. The molecular formula is C26H24FN3O2S. The number of aromatic nitrogens is 2. The number of nitrogens with one attached hydrogen (secondary N) is 1. The number of thioether (sulfide) groups is 1. The Hall–Kier alpha value is -3.45. The summed E-state index contributed by atoms with van der Waals surface area (Å²) in [6, 6.07) is 18.8. The molecule has 33 heavy (non-hydrogen) atoms. The fourth-order valence-electron chi connectivity index (χ4n) is 3.54. The second kappa shape index (κ2) is 9.58. The highest BCUT2D eigenvalue weighted by Crippen LogP contribution is 2.25. The Morgan fingerprint density at radius 3 is 2.61 bits per heavy atom. The summed E-state index contributed by atoms with van der Waals surface area (Å²) in [6.45, 7) is 5.79. The molecule has 0 saturated heterocycles. The topological polar surface area (TPSA) is 64.0 Å². The lowest BCUT2D eigenvalue weighted by molar-refractivity contribution is 0.0943. The normalized spacial score (nSPS) is 11.2. The van der Waals surface area contributed by atoms with Crippen LogP contribution in [-0.2, 0) is 5.75 Å². The van der Waals surface area contributed by atoms with Crippen molar-refractivity contribution in [3.63, 3.8) is 0 Å². The Bertz CT molecular complexity index is 1400. The van der Waals surface area contributed by atoms with Crippen molar-refractivity contribution in [1.29, 1.82) is 0 Å². The van der Waals surface area contributed by atoms with Gasteiger partial charge in [-0.3, -0.25) is 14.2 Å². The van der Waals surface area contributed by atoms with Gasteiger partial charge < -0.3 is 5.32 Å². The first-order valence-corrected chi connectivity index (χ1v) is 11.6. The Balaban J connectivity index is 1.84. The van der Waals surface area contributed by atoms with Crippen LogP contribution in [0.25, 0.3) is 16.6 Å². The van der Waals surface area contributed by atoms with Gasteiger partial charge in [-0.05, 0) is 62.7 Å². The first-order chi connectivity index (χ1) is 15.8. The number of nitrogens with zero attached hydrogens (tertiary/aromatic N) is 2. The standard InChI is InChI=1S/C26H24FN3O2S/c1-16(2)28-24(31)19-10-11-22-23(13-19)29-26(33-15-18-7-4-6-17(3)12-18)30(25(22)32)21-9-5-8-20(27)14-21/h4-14,16H,15H2,1-3H3,(H,28,31). The number of amides is 1. The number of rotatable bonds is 6. The first-order valence-electron chi connectivity index (χ1n) is 10.6. The van der Waals surface area contributed by atoms with Crippen molar-refractivity contribution in [3.05, 3.63) is 99.6 Å².